The summed E-state index contributed by atoms with van der Waals surface area (Å²) in [6.45, 7) is 0. The minimum Gasteiger partial charge on any atom is -0.457 e. The Bertz CT molecular complexity index is 1040. The smallest absolute Gasteiger partial charge is 0.322 e. The van der Waals surface area contributed by atoms with E-state index in [0.717, 1.165) is 24.2 Å². The molecule has 0 aliphatic carbocycles. The first-order chi connectivity index (χ1) is 14.2. The van der Waals surface area contributed by atoms with Crippen molar-refractivity contribution in [2.75, 3.05) is 5.32 Å². The Labute approximate surface area is 168 Å². The number of nitrogens with zero attached hydrogens (tertiary/aromatic N) is 2. The van der Waals surface area contributed by atoms with Crippen molar-refractivity contribution in [1.29, 1.82) is 0 Å². The maximum Gasteiger partial charge on any atom is 0.322 e. The lowest BCUT2D eigenvalue weighted by atomic mass is 9.95. The second-order valence-electron chi connectivity index (χ2n) is 7.40. The van der Waals surface area contributed by atoms with Gasteiger partial charge in [0.05, 0.1) is 6.04 Å². The van der Waals surface area contributed by atoms with Gasteiger partial charge in [-0.2, -0.15) is 4.39 Å². The Balaban J connectivity index is 1.30. The van der Waals surface area contributed by atoms with Crippen molar-refractivity contribution in [2.24, 2.45) is 0 Å². The fraction of sp³-hybridized carbons (Fsp3) is 0.217. The number of urea groups is 1. The molecular weight excluding hydrogens is 369 g/mol. The number of aromatic nitrogens is 1. The van der Waals surface area contributed by atoms with Crippen molar-refractivity contribution in [3.8, 4) is 11.5 Å². The average Bonchev–Trinajstić information content (AvgIpc) is 3.06. The average molecular weight is 389 g/mol. The van der Waals surface area contributed by atoms with Crippen molar-refractivity contribution in [1.82, 2.24) is 9.88 Å². The Morgan fingerprint density at radius 3 is 2.59 bits per heavy atom. The molecule has 1 aromatic heterocycles. The predicted octanol–water partition coefficient (Wildman–Crippen LogP) is 5.31. The minimum atomic E-state index is -0.409. The van der Waals surface area contributed by atoms with Gasteiger partial charge in [0.1, 0.15) is 11.5 Å². The molecule has 3 heterocycles. The number of amides is 2. The molecule has 5 rings (SSSR count). The van der Waals surface area contributed by atoms with Crippen LogP contribution in [0.4, 0.5) is 14.9 Å². The normalized spacial score (nSPS) is 19.6. The van der Waals surface area contributed by atoms with Crippen LogP contribution in [0.5, 0.6) is 11.5 Å². The monoisotopic (exact) mass is 389 g/mol. The first-order valence-corrected chi connectivity index (χ1v) is 9.74. The SMILES string of the molecule is O=C(Nc1ccc(Oc2ccccc2)cc1)N1[C@@H]2CC[C@H]1c1ccnc(F)c1C2. The van der Waals surface area contributed by atoms with Crippen LogP contribution in [0, 0.1) is 5.95 Å². The van der Waals surface area contributed by atoms with Crippen LogP contribution >= 0.6 is 0 Å². The highest BCUT2D eigenvalue weighted by Crippen LogP contribution is 2.44. The second-order valence-corrected chi connectivity index (χ2v) is 7.40. The van der Waals surface area contributed by atoms with Crippen LogP contribution in [0.15, 0.2) is 66.9 Å². The third kappa shape index (κ3) is 3.31. The van der Waals surface area contributed by atoms with Crippen LogP contribution in [0.2, 0.25) is 0 Å². The quantitative estimate of drug-likeness (QED) is 0.618. The number of carbonyl (C=O) groups excluding carboxylic acids is 1. The molecule has 0 saturated carbocycles. The van der Waals surface area contributed by atoms with Gasteiger partial charge in [0.15, 0.2) is 0 Å². The van der Waals surface area contributed by atoms with Crippen molar-refractivity contribution >= 4 is 11.7 Å². The number of ether oxygens (including phenoxy) is 1. The number of hydrogen-bond donors (Lipinski definition) is 1. The van der Waals surface area contributed by atoms with Gasteiger partial charge < -0.3 is 15.0 Å². The number of para-hydroxylation sites is 1. The van der Waals surface area contributed by atoms with Gasteiger partial charge in [0.25, 0.3) is 0 Å². The van der Waals surface area contributed by atoms with E-state index in [9.17, 15) is 9.18 Å². The summed E-state index contributed by atoms with van der Waals surface area (Å²) in [5.74, 6) is 1.05. The van der Waals surface area contributed by atoms with Crippen LogP contribution in [-0.2, 0) is 6.42 Å². The zero-order chi connectivity index (χ0) is 19.8. The molecule has 5 nitrogen and oxygen atoms in total. The topological polar surface area (TPSA) is 54.5 Å². The molecule has 146 valence electrons. The molecule has 1 N–H and O–H groups in total. The molecule has 0 unspecified atom stereocenters. The van der Waals surface area contributed by atoms with Gasteiger partial charge in [0.2, 0.25) is 5.95 Å². The molecular formula is C23H20FN3O2. The van der Waals surface area contributed by atoms with Gasteiger partial charge in [-0.1, -0.05) is 18.2 Å². The molecule has 29 heavy (non-hydrogen) atoms. The zero-order valence-corrected chi connectivity index (χ0v) is 15.7. The molecule has 0 spiro atoms. The van der Waals surface area contributed by atoms with Crippen LogP contribution in [0.1, 0.15) is 30.0 Å². The fourth-order valence-corrected chi connectivity index (χ4v) is 4.35. The van der Waals surface area contributed by atoms with Crippen molar-refractivity contribution in [3.05, 3.63) is 83.9 Å². The highest BCUT2D eigenvalue weighted by atomic mass is 19.1. The highest BCUT2D eigenvalue weighted by Gasteiger charge is 2.43. The van der Waals surface area contributed by atoms with Gasteiger partial charge in [-0.05, 0) is 67.3 Å². The summed E-state index contributed by atoms with van der Waals surface area (Å²) in [6.07, 6.45) is 3.71. The van der Waals surface area contributed by atoms with Crippen molar-refractivity contribution < 1.29 is 13.9 Å². The van der Waals surface area contributed by atoms with E-state index < -0.39 is 5.95 Å². The lowest BCUT2D eigenvalue weighted by Crippen LogP contribution is -2.44. The lowest BCUT2D eigenvalue weighted by molar-refractivity contribution is 0.178. The van der Waals surface area contributed by atoms with Crippen LogP contribution in [-0.4, -0.2) is 22.0 Å². The number of benzene rings is 2. The van der Waals surface area contributed by atoms with Gasteiger partial charge in [-0.3, -0.25) is 0 Å². The molecule has 0 radical (unpaired) electrons. The van der Waals surface area contributed by atoms with Crippen LogP contribution in [0.3, 0.4) is 0 Å². The number of anilines is 1. The van der Waals surface area contributed by atoms with Gasteiger partial charge in [-0.15, -0.1) is 0 Å². The molecule has 3 aromatic rings. The summed E-state index contributed by atoms with van der Waals surface area (Å²) < 4.78 is 19.9. The molecule has 2 aromatic carbocycles. The van der Waals surface area contributed by atoms with Crippen LogP contribution in [0.25, 0.3) is 0 Å². The zero-order valence-electron chi connectivity index (χ0n) is 15.7. The van der Waals surface area contributed by atoms with E-state index in [0.29, 0.717) is 23.4 Å². The number of fused-ring (bicyclic) bond motifs is 4. The standard InChI is InChI=1S/C23H20FN3O2/c24-22-20-14-16-8-11-21(19(20)12-13-25-22)27(16)23(28)26-15-6-9-18(10-7-15)29-17-4-2-1-3-5-17/h1-7,9-10,12-13,16,21H,8,11,14H2,(H,26,28)/t16-,21+/m1/s1. The first kappa shape index (κ1) is 17.7. The van der Waals surface area contributed by atoms with E-state index in [1.54, 1.807) is 0 Å². The van der Waals surface area contributed by atoms with Gasteiger partial charge in [-0.25, -0.2) is 9.78 Å². The van der Waals surface area contributed by atoms with E-state index in [1.807, 2.05) is 65.6 Å². The van der Waals surface area contributed by atoms with Crippen LogP contribution < -0.4 is 10.1 Å². The number of carbonyl (C=O) groups is 1. The van der Waals surface area contributed by atoms with E-state index >= 15 is 0 Å². The third-order valence-corrected chi connectivity index (χ3v) is 5.66. The molecule has 2 aliphatic rings. The van der Waals surface area contributed by atoms with E-state index in [2.05, 4.69) is 10.3 Å². The lowest BCUT2D eigenvalue weighted by Gasteiger charge is -2.36. The highest BCUT2D eigenvalue weighted by molar-refractivity contribution is 5.90. The Kier molecular flexibility index (Phi) is 4.39. The Morgan fingerprint density at radius 2 is 1.79 bits per heavy atom. The minimum absolute atomic E-state index is 0.00638. The number of nitrogens with one attached hydrogen (secondary N) is 1. The Morgan fingerprint density at radius 1 is 1.03 bits per heavy atom. The van der Waals surface area contributed by atoms with Gasteiger partial charge >= 0.3 is 6.03 Å². The van der Waals surface area contributed by atoms with Crippen molar-refractivity contribution in [2.45, 2.75) is 31.3 Å². The largest absolute Gasteiger partial charge is 0.457 e. The maximum atomic E-state index is 14.1. The second kappa shape index (κ2) is 7.20. The summed E-state index contributed by atoms with van der Waals surface area (Å²) in [7, 11) is 0. The first-order valence-electron chi connectivity index (χ1n) is 9.74. The van der Waals surface area contributed by atoms with E-state index in [4.69, 9.17) is 4.74 Å². The third-order valence-electron chi connectivity index (χ3n) is 5.66. The summed E-state index contributed by atoms with van der Waals surface area (Å²) in [4.78, 5) is 18.6. The van der Waals surface area contributed by atoms with E-state index in [-0.39, 0.29) is 18.1 Å². The fourth-order valence-electron chi connectivity index (χ4n) is 4.35. The molecule has 1 saturated heterocycles. The number of pyridine rings is 1. The predicted molar refractivity (Wildman–Crippen MR) is 107 cm³/mol. The molecule has 2 aliphatic heterocycles. The number of rotatable bonds is 3. The van der Waals surface area contributed by atoms with E-state index in [1.165, 1.54) is 6.20 Å². The molecule has 2 bridgehead atoms. The van der Waals surface area contributed by atoms with Crippen molar-refractivity contribution in [3.63, 3.8) is 0 Å². The molecule has 2 atom stereocenters. The summed E-state index contributed by atoms with van der Waals surface area (Å²) in [5, 5.41) is 2.97. The summed E-state index contributed by atoms with van der Waals surface area (Å²) >= 11 is 0. The number of hydrogen-bond acceptors (Lipinski definition) is 3. The summed E-state index contributed by atoms with van der Waals surface area (Å²) in [5.41, 5.74) is 2.24. The maximum absolute atomic E-state index is 14.1. The molecule has 2 amide bonds. The number of halogens is 1. The van der Waals surface area contributed by atoms with Gasteiger partial charge in [0, 0.05) is 23.5 Å². The molecule has 6 heteroatoms. The molecule has 1 fully saturated rings. The summed E-state index contributed by atoms with van der Waals surface area (Å²) in [6, 6.07) is 18.4. The Hall–Kier alpha value is -3.41.